The minimum Gasteiger partial charge on any atom is -0.443 e. The fourth-order valence-electron chi connectivity index (χ4n) is 5.30. The Morgan fingerprint density at radius 2 is 1.84 bits per heavy atom. The number of rotatable bonds is 5. The second-order valence-corrected chi connectivity index (χ2v) is 13.5. The summed E-state index contributed by atoms with van der Waals surface area (Å²) >= 11 is 0. The summed E-state index contributed by atoms with van der Waals surface area (Å²) in [4.78, 5) is 31.5. The number of anilines is 1. The largest absolute Gasteiger partial charge is 0.443 e. The average Bonchev–Trinajstić information content (AvgIpc) is 3.18. The van der Waals surface area contributed by atoms with Gasteiger partial charge in [0.2, 0.25) is 10.0 Å². The Bertz CT molecular complexity index is 1230. The van der Waals surface area contributed by atoms with Gasteiger partial charge in [0.05, 0.1) is 0 Å². The van der Waals surface area contributed by atoms with E-state index in [9.17, 15) is 18.0 Å². The summed E-state index contributed by atoms with van der Waals surface area (Å²) in [6.07, 6.45) is 7.54. The number of piperidine rings is 1. The molecule has 2 aliphatic heterocycles. The number of benzene rings is 1. The Morgan fingerprint density at radius 3 is 2.45 bits per heavy atom. The first-order chi connectivity index (χ1) is 17.8. The van der Waals surface area contributed by atoms with E-state index < -0.39 is 27.3 Å². The number of hydrogen-bond acceptors (Lipinski definition) is 6. The van der Waals surface area contributed by atoms with Gasteiger partial charge in [-0.3, -0.25) is 14.7 Å². The van der Waals surface area contributed by atoms with Crippen molar-refractivity contribution in [3.63, 3.8) is 0 Å². The van der Waals surface area contributed by atoms with Gasteiger partial charge >= 0.3 is 6.09 Å². The zero-order valence-corrected chi connectivity index (χ0v) is 23.9. The molecule has 0 radical (unpaired) electrons. The van der Waals surface area contributed by atoms with Crippen molar-refractivity contribution >= 4 is 39.6 Å². The van der Waals surface area contributed by atoms with Crippen LogP contribution in [0.1, 0.15) is 76.8 Å². The highest BCUT2D eigenvalue weighted by Gasteiger charge is 2.48. The van der Waals surface area contributed by atoms with Gasteiger partial charge in [-0.25, -0.2) is 13.2 Å². The minimum absolute atomic E-state index is 0.0854. The van der Waals surface area contributed by atoms with Gasteiger partial charge in [-0.15, -0.1) is 0 Å². The molecule has 1 saturated carbocycles. The smallest absolute Gasteiger partial charge is 0.414 e. The summed E-state index contributed by atoms with van der Waals surface area (Å²) in [5.74, 6) is 1.04. The number of carbonyl (C=O) groups excluding carboxylic acids is 2. The number of carbonyl (C=O) groups is 2. The molecule has 3 aliphatic rings. The third kappa shape index (κ3) is 6.29. The van der Waals surface area contributed by atoms with Gasteiger partial charge in [-0.05, 0) is 82.7 Å². The van der Waals surface area contributed by atoms with Crippen LogP contribution in [0.15, 0.2) is 28.6 Å². The third-order valence-electron chi connectivity index (χ3n) is 7.63. The number of nitrogens with one attached hydrogen (secondary N) is 1. The number of ether oxygens (including phenoxy) is 1. The Kier molecular flexibility index (Phi) is 8.04. The molecular weight excluding hydrogens is 504 g/mol. The number of nitrogens with zero attached hydrogens (tertiary/aromatic N) is 3. The van der Waals surface area contributed by atoms with Crippen molar-refractivity contribution < 1.29 is 22.7 Å². The zero-order chi connectivity index (χ0) is 27.7. The zero-order valence-electron chi connectivity index (χ0n) is 23.1. The van der Waals surface area contributed by atoms with Crippen LogP contribution in [0.3, 0.4) is 0 Å². The van der Waals surface area contributed by atoms with Crippen LogP contribution in [-0.4, -0.2) is 61.8 Å². The fourth-order valence-corrected chi connectivity index (χ4v) is 6.48. The Balaban J connectivity index is 1.39. The normalized spacial score (nSPS) is 21.0. The van der Waals surface area contributed by atoms with E-state index in [0.29, 0.717) is 24.4 Å². The summed E-state index contributed by atoms with van der Waals surface area (Å²) in [6.45, 7) is 7.80. The first-order valence-corrected chi connectivity index (χ1v) is 15.0. The average molecular weight is 545 g/mol. The highest BCUT2D eigenvalue weighted by atomic mass is 32.2. The number of amides is 2. The lowest BCUT2D eigenvalue weighted by atomic mass is 9.88. The molecule has 0 bridgehead atoms. The van der Waals surface area contributed by atoms with Crippen LogP contribution in [0.25, 0.3) is 6.08 Å². The van der Waals surface area contributed by atoms with E-state index in [1.807, 2.05) is 33.8 Å². The molecule has 38 heavy (non-hydrogen) atoms. The summed E-state index contributed by atoms with van der Waals surface area (Å²) in [7, 11) is -2.03. The monoisotopic (exact) mass is 544 g/mol. The maximum atomic E-state index is 13.1. The first-order valence-electron chi connectivity index (χ1n) is 13.5. The van der Waals surface area contributed by atoms with E-state index in [1.165, 1.54) is 21.0 Å². The van der Waals surface area contributed by atoms with E-state index in [2.05, 4.69) is 5.32 Å². The second-order valence-electron chi connectivity index (χ2n) is 11.6. The molecule has 0 unspecified atom stereocenters. The molecule has 1 N–H and O–H groups in total. The van der Waals surface area contributed by atoms with E-state index in [4.69, 9.17) is 9.73 Å². The van der Waals surface area contributed by atoms with Crippen LogP contribution in [-0.2, 0) is 19.6 Å². The summed E-state index contributed by atoms with van der Waals surface area (Å²) < 4.78 is 33.0. The molecule has 9 nitrogen and oxygen atoms in total. The molecular formula is C28H40N4O5S. The van der Waals surface area contributed by atoms with E-state index >= 15 is 0 Å². The van der Waals surface area contributed by atoms with Gasteiger partial charge in [-0.1, -0.05) is 25.3 Å². The van der Waals surface area contributed by atoms with Gasteiger partial charge in [0.1, 0.15) is 17.0 Å². The van der Waals surface area contributed by atoms with Crippen molar-refractivity contribution in [1.29, 1.82) is 0 Å². The van der Waals surface area contributed by atoms with Crippen molar-refractivity contribution in [2.75, 3.05) is 25.0 Å². The summed E-state index contributed by atoms with van der Waals surface area (Å²) in [5, 5.41) is 4.24. The van der Waals surface area contributed by atoms with Crippen LogP contribution in [0.5, 0.6) is 0 Å². The molecule has 2 heterocycles. The van der Waals surface area contributed by atoms with E-state index in [-0.39, 0.29) is 19.0 Å². The highest BCUT2D eigenvalue weighted by molar-refractivity contribution is 7.92. The third-order valence-corrected chi connectivity index (χ3v) is 9.19. The van der Waals surface area contributed by atoms with Gasteiger partial charge < -0.3 is 10.1 Å². The van der Waals surface area contributed by atoms with Crippen LogP contribution >= 0.6 is 0 Å². The fraction of sp³-hybridized carbons (Fsp3) is 0.607. The van der Waals surface area contributed by atoms with Crippen molar-refractivity contribution in [1.82, 2.24) is 9.62 Å². The predicted octanol–water partition coefficient (Wildman–Crippen LogP) is 4.61. The molecule has 4 rings (SSSR count). The molecule has 1 saturated heterocycles. The molecule has 1 aromatic carbocycles. The lowest BCUT2D eigenvalue weighted by Gasteiger charge is -2.34. The quantitative estimate of drug-likeness (QED) is 0.582. The van der Waals surface area contributed by atoms with Crippen LogP contribution in [0.4, 0.5) is 10.5 Å². The lowest BCUT2D eigenvalue weighted by Crippen LogP contribution is -2.50. The summed E-state index contributed by atoms with van der Waals surface area (Å²) in [5.41, 5.74) is 0.780. The van der Waals surface area contributed by atoms with Crippen LogP contribution in [0.2, 0.25) is 0 Å². The molecule has 0 aromatic heterocycles. The molecule has 1 aromatic rings. The molecule has 1 spiro atoms. The Hall–Kier alpha value is -2.72. The maximum absolute atomic E-state index is 13.1. The van der Waals surface area contributed by atoms with E-state index in [1.54, 1.807) is 25.3 Å². The molecule has 208 valence electrons. The predicted molar refractivity (Wildman–Crippen MR) is 149 cm³/mol. The number of hydrogen-bond donors (Lipinski definition) is 1. The van der Waals surface area contributed by atoms with Crippen LogP contribution in [0, 0.1) is 12.8 Å². The van der Waals surface area contributed by atoms with E-state index in [0.717, 1.165) is 42.6 Å². The number of aliphatic imine (C=N–C) groups is 1. The standard InChI is InChI=1S/C28H40N4O5S/c1-20-19-23(31(5)26(34)37-27(2,3)4)12-11-21(20)13-18-38(35,36)32-16-14-28(15-17-32)25(33)29-24(30-28)22-9-7-6-8-10-22/h11-13,18-19,22H,6-10,14-17H2,1-5H3,(H,29,30,33)/b18-13+. The summed E-state index contributed by atoms with van der Waals surface area (Å²) in [6, 6.07) is 5.36. The first kappa shape index (κ1) is 28.3. The lowest BCUT2D eigenvalue weighted by molar-refractivity contribution is -0.125. The highest BCUT2D eigenvalue weighted by Crippen LogP contribution is 2.35. The second kappa shape index (κ2) is 10.8. The number of aryl methyl sites for hydroxylation is 1. The molecule has 1 aliphatic carbocycles. The van der Waals surface area contributed by atoms with Gasteiger partial charge in [0.15, 0.2) is 0 Å². The number of sulfonamides is 1. The topological polar surface area (TPSA) is 108 Å². The van der Waals surface area contributed by atoms with Gasteiger partial charge in [-0.2, -0.15) is 4.31 Å². The molecule has 2 amide bonds. The molecule has 0 atom stereocenters. The van der Waals surface area contributed by atoms with Crippen LogP contribution < -0.4 is 10.2 Å². The molecule has 10 heteroatoms. The molecule has 2 fully saturated rings. The Morgan fingerprint density at radius 1 is 1.18 bits per heavy atom. The van der Waals surface area contributed by atoms with Crippen molar-refractivity contribution in [2.45, 2.75) is 83.8 Å². The van der Waals surface area contributed by atoms with Crippen molar-refractivity contribution in [2.24, 2.45) is 10.9 Å². The van der Waals surface area contributed by atoms with Gasteiger partial charge in [0, 0.05) is 37.2 Å². The maximum Gasteiger partial charge on any atom is 0.414 e. The van der Waals surface area contributed by atoms with Gasteiger partial charge in [0.25, 0.3) is 5.91 Å². The Labute approximate surface area is 226 Å². The SMILES string of the molecule is Cc1cc(N(C)C(=O)OC(C)(C)C)ccc1/C=C/S(=O)(=O)N1CCC2(CC1)N=C(C1CCCCC1)NC2=O. The number of amidine groups is 1. The minimum atomic E-state index is -3.67. The van der Waals surface area contributed by atoms with Crippen molar-refractivity contribution in [3.05, 3.63) is 34.7 Å². The van der Waals surface area contributed by atoms with Crippen molar-refractivity contribution in [3.8, 4) is 0 Å².